The SMILES string of the molecule is COC(=O)c1cccc(NC(=O)c2cnc(N3c4ccccc4CC3C)nc2)c1. The van der Waals surface area contributed by atoms with Crippen LogP contribution in [-0.2, 0) is 11.2 Å². The van der Waals surface area contributed by atoms with E-state index >= 15 is 0 Å². The van der Waals surface area contributed by atoms with Crippen LogP contribution in [-0.4, -0.2) is 35.0 Å². The van der Waals surface area contributed by atoms with Gasteiger partial charge in [-0.1, -0.05) is 24.3 Å². The second kappa shape index (κ2) is 7.71. The van der Waals surface area contributed by atoms with E-state index in [4.69, 9.17) is 4.74 Å². The van der Waals surface area contributed by atoms with Gasteiger partial charge in [-0.2, -0.15) is 0 Å². The van der Waals surface area contributed by atoms with Crippen LogP contribution in [0.1, 0.15) is 33.2 Å². The Morgan fingerprint density at radius 2 is 1.83 bits per heavy atom. The van der Waals surface area contributed by atoms with Crippen molar-refractivity contribution in [2.24, 2.45) is 0 Å². The van der Waals surface area contributed by atoms with E-state index < -0.39 is 5.97 Å². The molecule has 1 aliphatic heterocycles. The summed E-state index contributed by atoms with van der Waals surface area (Å²) in [5.74, 6) is -0.256. The average Bonchev–Trinajstić information content (AvgIpc) is 3.09. The third kappa shape index (κ3) is 3.67. The van der Waals surface area contributed by atoms with E-state index in [1.807, 2.05) is 12.1 Å². The highest BCUT2D eigenvalue weighted by atomic mass is 16.5. The zero-order valence-electron chi connectivity index (χ0n) is 16.1. The molecule has 0 spiro atoms. The van der Waals surface area contributed by atoms with Crippen molar-refractivity contribution in [2.45, 2.75) is 19.4 Å². The van der Waals surface area contributed by atoms with Crippen molar-refractivity contribution in [3.63, 3.8) is 0 Å². The Morgan fingerprint density at radius 3 is 2.59 bits per heavy atom. The molecule has 1 amide bonds. The van der Waals surface area contributed by atoms with E-state index in [1.165, 1.54) is 25.1 Å². The first kappa shape index (κ1) is 18.6. The predicted octanol–water partition coefficient (Wildman–Crippen LogP) is 3.60. The molecule has 4 rings (SSSR count). The molecule has 0 saturated carbocycles. The molecule has 1 aromatic heterocycles. The van der Waals surface area contributed by atoms with Gasteiger partial charge >= 0.3 is 5.97 Å². The van der Waals surface area contributed by atoms with Crippen molar-refractivity contribution in [3.05, 3.63) is 77.6 Å². The highest BCUT2D eigenvalue weighted by Gasteiger charge is 2.28. The first-order chi connectivity index (χ1) is 14.1. The topological polar surface area (TPSA) is 84.4 Å². The van der Waals surface area contributed by atoms with Gasteiger partial charge in [0.15, 0.2) is 0 Å². The summed E-state index contributed by atoms with van der Waals surface area (Å²) in [5, 5.41) is 2.75. The normalized spacial score (nSPS) is 15.0. The molecule has 2 heterocycles. The van der Waals surface area contributed by atoms with E-state index in [0.717, 1.165) is 12.1 Å². The van der Waals surface area contributed by atoms with Crippen LogP contribution in [0.25, 0.3) is 0 Å². The zero-order chi connectivity index (χ0) is 20.4. The lowest BCUT2D eigenvalue weighted by Gasteiger charge is -2.22. The number of rotatable bonds is 4. The molecule has 0 saturated heterocycles. The Kier molecular flexibility index (Phi) is 4.95. The van der Waals surface area contributed by atoms with Crippen LogP contribution in [0.3, 0.4) is 0 Å². The van der Waals surface area contributed by atoms with Crippen LogP contribution < -0.4 is 10.2 Å². The number of hydrogen-bond acceptors (Lipinski definition) is 6. The maximum atomic E-state index is 12.5. The summed E-state index contributed by atoms with van der Waals surface area (Å²) in [6.45, 7) is 2.12. The molecule has 0 bridgehead atoms. The summed E-state index contributed by atoms with van der Waals surface area (Å²) >= 11 is 0. The number of carbonyl (C=O) groups is 2. The van der Waals surface area contributed by atoms with E-state index in [1.54, 1.807) is 24.3 Å². The molecule has 2 aromatic carbocycles. The fraction of sp³-hybridized carbons (Fsp3) is 0.182. The van der Waals surface area contributed by atoms with E-state index in [0.29, 0.717) is 22.8 Å². The highest BCUT2D eigenvalue weighted by Crippen LogP contribution is 2.36. The molecule has 3 aromatic rings. The zero-order valence-corrected chi connectivity index (χ0v) is 16.1. The molecule has 29 heavy (non-hydrogen) atoms. The van der Waals surface area contributed by atoms with Crippen LogP contribution in [0, 0.1) is 0 Å². The minimum absolute atomic E-state index is 0.244. The van der Waals surface area contributed by atoms with Gasteiger partial charge < -0.3 is 15.0 Å². The number of fused-ring (bicyclic) bond motifs is 1. The summed E-state index contributed by atoms with van der Waals surface area (Å²) in [4.78, 5) is 35.1. The minimum atomic E-state index is -0.464. The van der Waals surface area contributed by atoms with Crippen molar-refractivity contribution in [1.29, 1.82) is 0 Å². The lowest BCUT2D eigenvalue weighted by Crippen LogP contribution is -2.26. The molecular weight excluding hydrogens is 368 g/mol. The van der Waals surface area contributed by atoms with Gasteiger partial charge in [0.1, 0.15) is 0 Å². The molecule has 1 unspecified atom stereocenters. The molecule has 0 aliphatic carbocycles. The number of ether oxygens (including phenoxy) is 1. The maximum absolute atomic E-state index is 12.5. The Balaban J connectivity index is 1.51. The van der Waals surface area contributed by atoms with Crippen molar-refractivity contribution in [2.75, 3.05) is 17.3 Å². The van der Waals surface area contributed by atoms with Gasteiger partial charge in [0.25, 0.3) is 5.91 Å². The van der Waals surface area contributed by atoms with Gasteiger partial charge in [0.2, 0.25) is 5.95 Å². The maximum Gasteiger partial charge on any atom is 0.337 e. The Hall–Kier alpha value is -3.74. The number of anilines is 3. The highest BCUT2D eigenvalue weighted by molar-refractivity contribution is 6.04. The Morgan fingerprint density at radius 1 is 1.07 bits per heavy atom. The summed E-state index contributed by atoms with van der Waals surface area (Å²) in [5.41, 5.74) is 3.53. The smallest absolute Gasteiger partial charge is 0.337 e. The van der Waals surface area contributed by atoms with Gasteiger partial charge in [-0.05, 0) is 43.2 Å². The molecule has 7 heteroatoms. The summed E-state index contributed by atoms with van der Waals surface area (Å²) in [7, 11) is 1.31. The van der Waals surface area contributed by atoms with Crippen LogP contribution in [0.2, 0.25) is 0 Å². The second-order valence-corrected chi connectivity index (χ2v) is 6.85. The number of esters is 1. The average molecular weight is 388 g/mol. The molecular formula is C22H20N4O3. The quantitative estimate of drug-likeness (QED) is 0.688. The fourth-order valence-electron chi connectivity index (χ4n) is 3.48. The lowest BCUT2D eigenvalue weighted by molar-refractivity contribution is 0.0600. The fourth-order valence-corrected chi connectivity index (χ4v) is 3.48. The molecule has 0 fully saturated rings. The predicted molar refractivity (Wildman–Crippen MR) is 110 cm³/mol. The third-order valence-electron chi connectivity index (χ3n) is 4.86. The first-order valence-electron chi connectivity index (χ1n) is 9.25. The van der Waals surface area contributed by atoms with Gasteiger partial charge in [-0.25, -0.2) is 14.8 Å². The number of amides is 1. The molecule has 1 atom stereocenters. The number of nitrogens with one attached hydrogen (secondary N) is 1. The largest absolute Gasteiger partial charge is 0.465 e. The van der Waals surface area contributed by atoms with Crippen LogP contribution in [0.5, 0.6) is 0 Å². The van der Waals surface area contributed by atoms with Crippen LogP contribution in [0.15, 0.2) is 60.9 Å². The van der Waals surface area contributed by atoms with Gasteiger partial charge in [-0.3, -0.25) is 4.79 Å². The van der Waals surface area contributed by atoms with E-state index in [9.17, 15) is 9.59 Å². The first-order valence-corrected chi connectivity index (χ1v) is 9.25. The molecule has 7 nitrogen and oxygen atoms in total. The monoisotopic (exact) mass is 388 g/mol. The van der Waals surface area contributed by atoms with E-state index in [2.05, 4.69) is 39.2 Å². The molecule has 146 valence electrons. The van der Waals surface area contributed by atoms with Crippen molar-refractivity contribution in [3.8, 4) is 0 Å². The van der Waals surface area contributed by atoms with Crippen molar-refractivity contribution in [1.82, 2.24) is 9.97 Å². The van der Waals surface area contributed by atoms with Gasteiger partial charge in [0.05, 0.1) is 18.2 Å². The van der Waals surface area contributed by atoms with E-state index in [-0.39, 0.29) is 11.9 Å². The summed E-state index contributed by atoms with van der Waals surface area (Å²) in [6.07, 6.45) is 3.95. The summed E-state index contributed by atoms with van der Waals surface area (Å²) < 4.78 is 4.70. The van der Waals surface area contributed by atoms with Crippen LogP contribution in [0.4, 0.5) is 17.3 Å². The lowest BCUT2D eigenvalue weighted by atomic mass is 10.1. The second-order valence-electron chi connectivity index (χ2n) is 6.85. The summed E-state index contributed by atoms with van der Waals surface area (Å²) in [6, 6.07) is 15.0. The number of para-hydroxylation sites is 1. The Bertz CT molecular complexity index is 1070. The standard InChI is InChI=1S/C22H20N4O3/c1-14-10-15-6-3-4-9-19(15)26(14)22-23-12-17(13-24-22)20(27)25-18-8-5-7-16(11-18)21(28)29-2/h3-9,11-14H,10H2,1-2H3,(H,25,27). The number of nitrogens with zero attached hydrogens (tertiary/aromatic N) is 3. The Labute approximate surface area is 168 Å². The third-order valence-corrected chi connectivity index (χ3v) is 4.86. The van der Waals surface area contributed by atoms with Gasteiger partial charge in [0, 0.05) is 29.8 Å². The van der Waals surface area contributed by atoms with Crippen molar-refractivity contribution < 1.29 is 14.3 Å². The number of methoxy groups -OCH3 is 1. The number of carbonyl (C=O) groups excluding carboxylic acids is 2. The number of benzene rings is 2. The minimum Gasteiger partial charge on any atom is -0.465 e. The molecule has 0 radical (unpaired) electrons. The van der Waals surface area contributed by atoms with Gasteiger partial charge in [-0.15, -0.1) is 0 Å². The number of hydrogen-bond donors (Lipinski definition) is 1. The number of aromatic nitrogens is 2. The molecule has 1 N–H and O–H groups in total. The van der Waals surface area contributed by atoms with Crippen LogP contribution >= 0.6 is 0 Å². The van der Waals surface area contributed by atoms with Crippen molar-refractivity contribution >= 4 is 29.2 Å². The molecule has 1 aliphatic rings.